The maximum absolute atomic E-state index is 14.0. The molecule has 2 aromatic rings. The second-order valence-electron chi connectivity index (χ2n) is 6.69. The van der Waals surface area contributed by atoms with Crippen molar-refractivity contribution in [3.63, 3.8) is 0 Å². The Morgan fingerprint density at radius 1 is 1.07 bits per heavy atom. The molecule has 3 rings (SSSR count). The van der Waals surface area contributed by atoms with Crippen LogP contribution in [-0.2, 0) is 14.8 Å². The van der Waals surface area contributed by atoms with E-state index in [2.05, 4.69) is 5.32 Å². The first-order valence-electron chi connectivity index (χ1n) is 9.31. The van der Waals surface area contributed by atoms with Crippen LogP contribution in [0.25, 0.3) is 0 Å². The highest BCUT2D eigenvalue weighted by molar-refractivity contribution is 7.89. The molecule has 1 heterocycles. The van der Waals surface area contributed by atoms with Gasteiger partial charge in [0.1, 0.15) is 11.6 Å². The third-order valence-corrected chi connectivity index (χ3v) is 6.73. The Labute approximate surface area is 170 Å². The molecule has 1 N–H and O–H groups in total. The van der Waals surface area contributed by atoms with Gasteiger partial charge in [-0.05, 0) is 43.3 Å². The zero-order valence-corrected chi connectivity index (χ0v) is 17.2. The summed E-state index contributed by atoms with van der Waals surface area (Å²) >= 11 is 0. The number of para-hydroxylation sites is 1. The highest BCUT2D eigenvalue weighted by Crippen LogP contribution is 2.24. The van der Waals surface area contributed by atoms with Gasteiger partial charge in [-0.1, -0.05) is 12.1 Å². The molecular formula is C20H24FN3O4S. The first kappa shape index (κ1) is 21.1. The van der Waals surface area contributed by atoms with Crippen molar-refractivity contribution in [3.8, 4) is 5.75 Å². The maximum atomic E-state index is 14.0. The van der Waals surface area contributed by atoms with Crippen LogP contribution in [0.15, 0.2) is 53.4 Å². The summed E-state index contributed by atoms with van der Waals surface area (Å²) in [5, 5.41) is 2.49. The number of rotatable bonds is 6. The van der Waals surface area contributed by atoms with Gasteiger partial charge >= 0.3 is 0 Å². The van der Waals surface area contributed by atoms with Crippen LogP contribution >= 0.6 is 0 Å². The van der Waals surface area contributed by atoms with Crippen molar-refractivity contribution >= 4 is 21.6 Å². The molecule has 0 unspecified atom stereocenters. The van der Waals surface area contributed by atoms with Crippen molar-refractivity contribution in [3.05, 3.63) is 54.3 Å². The van der Waals surface area contributed by atoms with Gasteiger partial charge in [0.05, 0.1) is 10.6 Å². The third kappa shape index (κ3) is 4.68. The fourth-order valence-corrected chi connectivity index (χ4v) is 4.60. The van der Waals surface area contributed by atoms with Crippen molar-refractivity contribution < 1.29 is 22.3 Å². The van der Waals surface area contributed by atoms with Gasteiger partial charge in [-0.2, -0.15) is 4.31 Å². The number of ether oxygens (including phenoxy) is 1. The summed E-state index contributed by atoms with van der Waals surface area (Å²) in [6, 6.07) is 12.5. The summed E-state index contributed by atoms with van der Waals surface area (Å²) in [6.07, 6.45) is -0.686. The van der Waals surface area contributed by atoms with E-state index >= 15 is 0 Å². The third-order valence-electron chi connectivity index (χ3n) is 4.82. The van der Waals surface area contributed by atoms with Crippen LogP contribution in [0.4, 0.5) is 10.1 Å². The van der Waals surface area contributed by atoms with Crippen LogP contribution in [0, 0.1) is 5.82 Å². The predicted octanol–water partition coefficient (Wildman–Crippen LogP) is 1.85. The van der Waals surface area contributed by atoms with Crippen LogP contribution in [0.5, 0.6) is 5.75 Å². The Morgan fingerprint density at radius 2 is 1.69 bits per heavy atom. The molecule has 9 heteroatoms. The highest BCUT2D eigenvalue weighted by Gasteiger charge is 2.29. The van der Waals surface area contributed by atoms with Crippen LogP contribution in [0.1, 0.15) is 6.92 Å². The molecule has 1 aliphatic heterocycles. The van der Waals surface area contributed by atoms with E-state index < -0.39 is 16.1 Å². The lowest BCUT2D eigenvalue weighted by Crippen LogP contribution is -2.48. The number of nitrogens with one attached hydrogen (secondary N) is 1. The number of anilines is 1. The Kier molecular flexibility index (Phi) is 6.39. The average Bonchev–Trinajstić information content (AvgIpc) is 2.74. The molecule has 1 amide bonds. The lowest BCUT2D eigenvalue weighted by Gasteiger charge is -2.35. The van der Waals surface area contributed by atoms with E-state index in [9.17, 15) is 17.6 Å². The number of benzene rings is 2. The number of amides is 1. The number of piperazine rings is 1. The molecule has 0 aromatic heterocycles. The number of carbonyl (C=O) groups is 1. The largest absolute Gasteiger partial charge is 0.481 e. The van der Waals surface area contributed by atoms with Gasteiger partial charge in [-0.25, -0.2) is 12.8 Å². The molecule has 7 nitrogen and oxygen atoms in total. The number of likely N-dealkylation sites (N-methyl/N-ethyl adjacent to an activating group) is 1. The van der Waals surface area contributed by atoms with Gasteiger partial charge in [-0.3, -0.25) is 4.79 Å². The van der Waals surface area contributed by atoms with Crippen molar-refractivity contribution in [2.24, 2.45) is 0 Å². The molecule has 1 atom stereocenters. The second kappa shape index (κ2) is 8.79. The zero-order valence-electron chi connectivity index (χ0n) is 16.3. The summed E-state index contributed by atoms with van der Waals surface area (Å²) in [7, 11) is -2.15. The van der Waals surface area contributed by atoms with Gasteiger partial charge < -0.3 is 15.0 Å². The smallest absolute Gasteiger partial charge is 0.260 e. The van der Waals surface area contributed by atoms with Crippen molar-refractivity contribution in [2.75, 3.05) is 38.1 Å². The van der Waals surface area contributed by atoms with E-state index in [1.807, 2.05) is 4.90 Å². The molecule has 29 heavy (non-hydrogen) atoms. The first-order chi connectivity index (χ1) is 13.8. The standard InChI is InChI=1S/C20H24FN3O4S/c1-15(20(25)22-2)28-16-7-9-17(10-8-16)29(26,27)24-13-11-23(12-14-24)19-6-4-3-5-18(19)21/h3-10,15H,11-14H2,1-2H3,(H,22,25)/t15-/m1/s1. The normalized spacial score (nSPS) is 16.3. The number of hydrogen-bond donors (Lipinski definition) is 1. The summed E-state index contributed by atoms with van der Waals surface area (Å²) in [4.78, 5) is 13.5. The van der Waals surface area contributed by atoms with E-state index in [4.69, 9.17) is 4.74 Å². The van der Waals surface area contributed by atoms with Gasteiger partial charge in [-0.15, -0.1) is 0 Å². The van der Waals surface area contributed by atoms with E-state index in [0.717, 1.165) is 0 Å². The van der Waals surface area contributed by atoms with E-state index in [-0.39, 0.29) is 29.7 Å². The topological polar surface area (TPSA) is 78.9 Å². The molecule has 0 aliphatic carbocycles. The number of nitrogens with zero attached hydrogens (tertiary/aromatic N) is 2. The SMILES string of the molecule is CNC(=O)[C@@H](C)Oc1ccc(S(=O)(=O)N2CCN(c3ccccc3F)CC2)cc1. The van der Waals surface area contributed by atoms with E-state index in [1.54, 1.807) is 25.1 Å². The monoisotopic (exact) mass is 421 g/mol. The van der Waals surface area contributed by atoms with Crippen LogP contribution < -0.4 is 15.0 Å². The molecule has 0 radical (unpaired) electrons. The maximum Gasteiger partial charge on any atom is 0.260 e. The van der Waals surface area contributed by atoms with E-state index in [1.165, 1.54) is 41.7 Å². The molecule has 1 saturated heterocycles. The molecule has 0 saturated carbocycles. The predicted molar refractivity (Wildman–Crippen MR) is 108 cm³/mol. The lowest BCUT2D eigenvalue weighted by molar-refractivity contribution is -0.126. The molecule has 1 fully saturated rings. The Balaban J connectivity index is 1.65. The summed E-state index contributed by atoms with van der Waals surface area (Å²) < 4.78 is 46.7. The number of sulfonamides is 1. The van der Waals surface area contributed by atoms with Crippen LogP contribution in [-0.4, -0.2) is 58.0 Å². The van der Waals surface area contributed by atoms with Crippen molar-refractivity contribution in [1.82, 2.24) is 9.62 Å². The number of halogens is 1. The minimum atomic E-state index is -3.67. The lowest BCUT2D eigenvalue weighted by atomic mass is 10.2. The molecule has 156 valence electrons. The Hall–Kier alpha value is -2.65. The average molecular weight is 421 g/mol. The van der Waals surface area contributed by atoms with Crippen LogP contribution in [0.2, 0.25) is 0 Å². The minimum absolute atomic E-state index is 0.150. The minimum Gasteiger partial charge on any atom is -0.481 e. The molecular weight excluding hydrogens is 397 g/mol. The quantitative estimate of drug-likeness (QED) is 0.770. The van der Waals surface area contributed by atoms with Crippen molar-refractivity contribution in [2.45, 2.75) is 17.9 Å². The fourth-order valence-electron chi connectivity index (χ4n) is 3.18. The highest BCUT2D eigenvalue weighted by atomic mass is 32.2. The Bertz CT molecular complexity index is 958. The molecule has 1 aliphatic rings. The van der Waals surface area contributed by atoms with Crippen LogP contribution in [0.3, 0.4) is 0 Å². The van der Waals surface area contributed by atoms with Gasteiger partial charge in [0.2, 0.25) is 10.0 Å². The molecule has 0 bridgehead atoms. The summed E-state index contributed by atoms with van der Waals surface area (Å²) in [5.41, 5.74) is 0.483. The Morgan fingerprint density at radius 3 is 2.28 bits per heavy atom. The summed E-state index contributed by atoms with van der Waals surface area (Å²) in [6.45, 7) is 2.96. The molecule has 2 aromatic carbocycles. The van der Waals surface area contributed by atoms with Gasteiger partial charge in [0, 0.05) is 33.2 Å². The summed E-state index contributed by atoms with van der Waals surface area (Å²) in [5.74, 6) is -0.177. The van der Waals surface area contributed by atoms with E-state index in [0.29, 0.717) is 24.5 Å². The second-order valence-corrected chi connectivity index (χ2v) is 8.63. The molecule has 0 spiro atoms. The number of hydrogen-bond acceptors (Lipinski definition) is 5. The fraction of sp³-hybridized carbons (Fsp3) is 0.350. The first-order valence-corrected chi connectivity index (χ1v) is 10.7. The number of carbonyl (C=O) groups excluding carboxylic acids is 1. The van der Waals surface area contributed by atoms with Crippen molar-refractivity contribution in [1.29, 1.82) is 0 Å². The zero-order chi connectivity index (χ0) is 21.0. The van der Waals surface area contributed by atoms with Gasteiger partial charge in [0.15, 0.2) is 6.10 Å². The van der Waals surface area contributed by atoms with Gasteiger partial charge in [0.25, 0.3) is 5.91 Å².